The molecule has 2 aromatic carbocycles. The monoisotopic (exact) mass is 456 g/mol. The minimum atomic E-state index is 0.144. The minimum Gasteiger partial charge on any atom is -0.497 e. The number of piperidine rings is 1. The van der Waals surface area contributed by atoms with E-state index in [2.05, 4.69) is 4.90 Å². The molecule has 1 amide bonds. The molecular weight excluding hydrogens is 420 g/mol. The number of carbonyl (C=O) groups is 1. The molecular formula is C26H36N2O5. The first-order valence-corrected chi connectivity index (χ1v) is 11.5. The fraction of sp³-hybridized carbons (Fsp3) is 0.500. The Morgan fingerprint density at radius 3 is 2.18 bits per heavy atom. The second kappa shape index (κ2) is 11.8. The smallest absolute Gasteiger partial charge is 0.227 e. The minimum absolute atomic E-state index is 0.144. The third-order valence-corrected chi connectivity index (χ3v) is 6.18. The fourth-order valence-corrected chi connectivity index (χ4v) is 4.45. The first kappa shape index (κ1) is 24.7. The van der Waals surface area contributed by atoms with Crippen molar-refractivity contribution < 1.29 is 23.7 Å². The molecule has 0 saturated carbocycles. The average molecular weight is 457 g/mol. The number of hydrogen-bond donors (Lipinski definition) is 0. The molecule has 0 bridgehead atoms. The number of ether oxygens (including phenoxy) is 4. The molecule has 33 heavy (non-hydrogen) atoms. The summed E-state index contributed by atoms with van der Waals surface area (Å²) in [6.07, 6.45) is 3.14. The van der Waals surface area contributed by atoms with Gasteiger partial charge in [-0.05, 0) is 49.6 Å². The van der Waals surface area contributed by atoms with E-state index in [1.165, 1.54) is 0 Å². The maximum Gasteiger partial charge on any atom is 0.227 e. The zero-order valence-electron chi connectivity index (χ0n) is 20.4. The number of benzene rings is 2. The second-order valence-corrected chi connectivity index (χ2v) is 8.24. The Morgan fingerprint density at radius 1 is 0.909 bits per heavy atom. The molecule has 0 N–H and O–H groups in total. The van der Waals surface area contributed by atoms with Gasteiger partial charge in [0, 0.05) is 49.4 Å². The molecule has 0 unspecified atom stereocenters. The summed E-state index contributed by atoms with van der Waals surface area (Å²) >= 11 is 0. The van der Waals surface area contributed by atoms with Crippen LogP contribution in [0.4, 0.5) is 5.69 Å². The van der Waals surface area contributed by atoms with E-state index in [-0.39, 0.29) is 11.9 Å². The highest BCUT2D eigenvalue weighted by atomic mass is 16.5. The van der Waals surface area contributed by atoms with Gasteiger partial charge in [-0.25, -0.2) is 0 Å². The van der Waals surface area contributed by atoms with Gasteiger partial charge in [0.05, 0.1) is 28.4 Å². The second-order valence-electron chi connectivity index (χ2n) is 8.24. The van der Waals surface area contributed by atoms with E-state index in [4.69, 9.17) is 18.9 Å². The molecule has 7 heteroatoms. The van der Waals surface area contributed by atoms with Crippen molar-refractivity contribution in [2.24, 2.45) is 0 Å². The summed E-state index contributed by atoms with van der Waals surface area (Å²) in [4.78, 5) is 17.5. The van der Waals surface area contributed by atoms with Gasteiger partial charge in [0.15, 0.2) is 11.5 Å². The quantitative estimate of drug-likeness (QED) is 0.524. The van der Waals surface area contributed by atoms with Crippen LogP contribution in [-0.4, -0.2) is 58.4 Å². The Morgan fingerprint density at radius 2 is 1.58 bits per heavy atom. The van der Waals surface area contributed by atoms with Gasteiger partial charge in [-0.1, -0.05) is 6.92 Å². The molecule has 1 saturated heterocycles. The summed E-state index contributed by atoms with van der Waals surface area (Å²) < 4.78 is 21.8. The molecule has 1 fully saturated rings. The number of likely N-dealkylation sites (tertiary alicyclic amines) is 1. The average Bonchev–Trinajstić information content (AvgIpc) is 2.85. The van der Waals surface area contributed by atoms with Crippen LogP contribution in [0.25, 0.3) is 0 Å². The van der Waals surface area contributed by atoms with Gasteiger partial charge in [-0.2, -0.15) is 0 Å². The third kappa shape index (κ3) is 5.90. The number of rotatable bonds is 10. The van der Waals surface area contributed by atoms with Gasteiger partial charge in [0.25, 0.3) is 0 Å². The molecule has 3 rings (SSSR count). The lowest BCUT2D eigenvalue weighted by Crippen LogP contribution is -2.47. The lowest BCUT2D eigenvalue weighted by atomic mass is 10.0. The molecule has 0 aliphatic carbocycles. The molecule has 180 valence electrons. The summed E-state index contributed by atoms with van der Waals surface area (Å²) in [5.41, 5.74) is 1.97. The topological polar surface area (TPSA) is 60.5 Å². The summed E-state index contributed by atoms with van der Waals surface area (Å²) in [7, 11) is 6.60. The van der Waals surface area contributed by atoms with Crippen LogP contribution in [0.5, 0.6) is 23.0 Å². The highest BCUT2D eigenvalue weighted by Gasteiger charge is 2.29. The van der Waals surface area contributed by atoms with Gasteiger partial charge in [0.1, 0.15) is 11.5 Å². The Labute approximate surface area is 197 Å². The van der Waals surface area contributed by atoms with Crippen LogP contribution in [0, 0.1) is 0 Å². The van der Waals surface area contributed by atoms with Crippen LogP contribution < -0.4 is 23.8 Å². The normalized spacial score (nSPS) is 14.6. The first-order valence-electron chi connectivity index (χ1n) is 11.5. The Bertz CT molecular complexity index is 925. The van der Waals surface area contributed by atoms with Crippen LogP contribution in [0.1, 0.15) is 38.2 Å². The number of carbonyl (C=O) groups excluding carboxylic acids is 1. The molecule has 0 radical (unpaired) electrons. The standard InChI is InChI=1S/C26H36N2O5/c1-6-7-26(29)28(21-8-10-24(32-4)25(17-21)33-5)20-12-14-27(15-13-20)18-19-16-22(30-2)9-11-23(19)31-3/h8-11,16-17,20H,6-7,12-15,18H2,1-5H3. The number of anilines is 1. The molecule has 0 spiro atoms. The lowest BCUT2D eigenvalue weighted by Gasteiger charge is -2.39. The van der Waals surface area contributed by atoms with Crippen LogP contribution in [0.2, 0.25) is 0 Å². The summed E-state index contributed by atoms with van der Waals surface area (Å²) in [5.74, 6) is 3.13. The van der Waals surface area contributed by atoms with Crippen molar-refractivity contribution in [3.05, 3.63) is 42.0 Å². The summed E-state index contributed by atoms with van der Waals surface area (Å²) in [6.45, 7) is 4.61. The SMILES string of the molecule is CCCC(=O)N(c1ccc(OC)c(OC)c1)C1CCN(Cc2cc(OC)ccc2OC)CC1. The van der Waals surface area contributed by atoms with E-state index in [0.717, 1.165) is 61.6 Å². The number of hydrogen-bond acceptors (Lipinski definition) is 6. The predicted octanol–water partition coefficient (Wildman–Crippen LogP) is 4.52. The van der Waals surface area contributed by atoms with Crippen molar-refractivity contribution in [2.45, 2.75) is 45.2 Å². The van der Waals surface area contributed by atoms with Crippen LogP contribution in [0.3, 0.4) is 0 Å². The number of methoxy groups -OCH3 is 4. The maximum atomic E-state index is 13.1. The highest BCUT2D eigenvalue weighted by Crippen LogP contribution is 2.34. The summed E-state index contributed by atoms with van der Waals surface area (Å²) in [5, 5.41) is 0. The van der Waals surface area contributed by atoms with Crippen molar-refractivity contribution in [1.29, 1.82) is 0 Å². The Hall–Kier alpha value is -2.93. The largest absolute Gasteiger partial charge is 0.497 e. The van der Waals surface area contributed by atoms with E-state index < -0.39 is 0 Å². The summed E-state index contributed by atoms with van der Waals surface area (Å²) in [6, 6.07) is 11.8. The van der Waals surface area contributed by atoms with E-state index in [0.29, 0.717) is 17.9 Å². The molecule has 1 aliphatic heterocycles. The van der Waals surface area contributed by atoms with Gasteiger partial charge in [-0.15, -0.1) is 0 Å². The van der Waals surface area contributed by atoms with Crippen molar-refractivity contribution in [3.8, 4) is 23.0 Å². The Balaban J connectivity index is 1.75. The van der Waals surface area contributed by atoms with E-state index in [1.807, 2.05) is 48.2 Å². The van der Waals surface area contributed by atoms with Crippen molar-refractivity contribution in [1.82, 2.24) is 4.90 Å². The van der Waals surface area contributed by atoms with Crippen LogP contribution in [0.15, 0.2) is 36.4 Å². The zero-order valence-corrected chi connectivity index (χ0v) is 20.4. The van der Waals surface area contributed by atoms with Gasteiger partial charge < -0.3 is 23.8 Å². The molecule has 1 heterocycles. The molecule has 2 aromatic rings. The van der Waals surface area contributed by atoms with Crippen molar-refractivity contribution in [2.75, 3.05) is 46.4 Å². The molecule has 0 atom stereocenters. The molecule has 7 nitrogen and oxygen atoms in total. The van der Waals surface area contributed by atoms with Crippen LogP contribution >= 0.6 is 0 Å². The van der Waals surface area contributed by atoms with Crippen molar-refractivity contribution >= 4 is 11.6 Å². The maximum absolute atomic E-state index is 13.1. The Kier molecular flexibility index (Phi) is 8.83. The zero-order chi connectivity index (χ0) is 23.8. The van der Waals surface area contributed by atoms with Gasteiger partial charge >= 0.3 is 0 Å². The lowest BCUT2D eigenvalue weighted by molar-refractivity contribution is -0.119. The van der Waals surface area contributed by atoms with E-state index >= 15 is 0 Å². The molecule has 1 aliphatic rings. The first-order chi connectivity index (χ1) is 16.0. The fourth-order valence-electron chi connectivity index (χ4n) is 4.45. The van der Waals surface area contributed by atoms with Gasteiger partial charge in [0.2, 0.25) is 5.91 Å². The van der Waals surface area contributed by atoms with E-state index in [1.54, 1.807) is 28.4 Å². The number of nitrogens with zero attached hydrogens (tertiary/aromatic N) is 2. The van der Waals surface area contributed by atoms with Crippen LogP contribution in [-0.2, 0) is 11.3 Å². The van der Waals surface area contributed by atoms with E-state index in [9.17, 15) is 4.79 Å². The third-order valence-electron chi connectivity index (χ3n) is 6.18. The van der Waals surface area contributed by atoms with Crippen molar-refractivity contribution in [3.63, 3.8) is 0 Å². The van der Waals surface area contributed by atoms with Gasteiger partial charge in [-0.3, -0.25) is 9.69 Å². The highest BCUT2D eigenvalue weighted by molar-refractivity contribution is 5.94. The molecule has 0 aromatic heterocycles. The predicted molar refractivity (Wildman–Crippen MR) is 130 cm³/mol. The number of amides is 1.